The molecule has 21 heavy (non-hydrogen) atoms. The Bertz CT molecular complexity index is 672. The summed E-state index contributed by atoms with van der Waals surface area (Å²) in [6.07, 6.45) is 0. The SMILES string of the molecule is CC(C)(C#N)c1ccc(NCc2ccc(O)c(Br)c2)cc1. The molecule has 0 spiro atoms. The van der Waals surface area contributed by atoms with E-state index in [-0.39, 0.29) is 5.75 Å². The van der Waals surface area contributed by atoms with Gasteiger partial charge in [0.05, 0.1) is 16.0 Å². The summed E-state index contributed by atoms with van der Waals surface area (Å²) < 4.78 is 0.688. The lowest BCUT2D eigenvalue weighted by Gasteiger charge is -2.16. The molecule has 0 radical (unpaired) electrons. The van der Waals surface area contributed by atoms with Crippen LogP contribution < -0.4 is 5.32 Å². The molecule has 0 saturated carbocycles. The molecule has 2 aromatic rings. The quantitative estimate of drug-likeness (QED) is 0.854. The number of hydrogen-bond donors (Lipinski definition) is 2. The number of phenolic OH excluding ortho intramolecular Hbond substituents is 1. The fraction of sp³-hybridized carbons (Fsp3) is 0.235. The first-order valence-electron chi connectivity index (χ1n) is 6.65. The zero-order chi connectivity index (χ0) is 15.5. The predicted molar refractivity (Wildman–Crippen MR) is 88.2 cm³/mol. The van der Waals surface area contributed by atoms with Crippen molar-refractivity contribution in [1.82, 2.24) is 0 Å². The van der Waals surface area contributed by atoms with E-state index in [9.17, 15) is 5.11 Å². The van der Waals surface area contributed by atoms with E-state index in [1.54, 1.807) is 6.07 Å². The van der Waals surface area contributed by atoms with Crippen LogP contribution in [0.25, 0.3) is 0 Å². The van der Waals surface area contributed by atoms with Gasteiger partial charge in [0, 0.05) is 12.2 Å². The lowest BCUT2D eigenvalue weighted by atomic mass is 9.86. The van der Waals surface area contributed by atoms with Gasteiger partial charge in [0.1, 0.15) is 5.75 Å². The number of rotatable bonds is 4. The Morgan fingerprint density at radius 2 is 1.86 bits per heavy atom. The number of hydrogen-bond acceptors (Lipinski definition) is 3. The van der Waals surface area contributed by atoms with Crippen molar-refractivity contribution in [2.75, 3.05) is 5.32 Å². The Morgan fingerprint density at radius 3 is 2.43 bits per heavy atom. The molecule has 0 atom stereocenters. The van der Waals surface area contributed by atoms with Gasteiger partial charge in [-0.2, -0.15) is 5.26 Å². The summed E-state index contributed by atoms with van der Waals surface area (Å²) in [4.78, 5) is 0. The zero-order valence-electron chi connectivity index (χ0n) is 12.0. The molecule has 0 aliphatic carbocycles. The normalized spacial score (nSPS) is 11.0. The maximum Gasteiger partial charge on any atom is 0.129 e. The smallest absolute Gasteiger partial charge is 0.129 e. The number of benzene rings is 2. The number of aromatic hydroxyl groups is 1. The molecule has 3 nitrogen and oxygen atoms in total. The number of nitrogens with one attached hydrogen (secondary N) is 1. The molecule has 0 amide bonds. The van der Waals surface area contributed by atoms with Crippen molar-refractivity contribution >= 4 is 21.6 Å². The van der Waals surface area contributed by atoms with Crippen LogP contribution in [0.1, 0.15) is 25.0 Å². The average molecular weight is 345 g/mol. The topological polar surface area (TPSA) is 56.0 Å². The lowest BCUT2D eigenvalue weighted by Crippen LogP contribution is -2.13. The molecule has 4 heteroatoms. The Kier molecular flexibility index (Phi) is 4.54. The van der Waals surface area contributed by atoms with Crippen LogP contribution in [0.3, 0.4) is 0 Å². The summed E-state index contributed by atoms with van der Waals surface area (Å²) in [6.45, 7) is 4.48. The minimum absolute atomic E-state index is 0.238. The van der Waals surface area contributed by atoms with Gasteiger partial charge < -0.3 is 10.4 Å². The highest BCUT2D eigenvalue weighted by Crippen LogP contribution is 2.26. The van der Waals surface area contributed by atoms with Crippen molar-refractivity contribution in [3.8, 4) is 11.8 Å². The second-order valence-corrected chi connectivity index (χ2v) is 6.31. The summed E-state index contributed by atoms with van der Waals surface area (Å²) >= 11 is 3.30. The van der Waals surface area contributed by atoms with Crippen LogP contribution in [0.2, 0.25) is 0 Å². The van der Waals surface area contributed by atoms with Gasteiger partial charge in [-0.05, 0) is 65.2 Å². The van der Waals surface area contributed by atoms with Crippen LogP contribution in [0.5, 0.6) is 5.75 Å². The second kappa shape index (κ2) is 6.19. The van der Waals surface area contributed by atoms with Crippen molar-refractivity contribution < 1.29 is 5.11 Å². The van der Waals surface area contributed by atoms with E-state index in [1.165, 1.54) is 0 Å². The first kappa shape index (κ1) is 15.4. The fourth-order valence-corrected chi connectivity index (χ4v) is 2.36. The number of halogens is 1. The molecule has 2 N–H and O–H groups in total. The van der Waals surface area contributed by atoms with E-state index in [1.807, 2.05) is 50.2 Å². The van der Waals surface area contributed by atoms with Gasteiger partial charge in [-0.1, -0.05) is 18.2 Å². The van der Waals surface area contributed by atoms with Gasteiger partial charge in [0.15, 0.2) is 0 Å². The van der Waals surface area contributed by atoms with E-state index in [4.69, 9.17) is 5.26 Å². The summed E-state index contributed by atoms with van der Waals surface area (Å²) in [5.41, 5.74) is 2.60. The Morgan fingerprint density at radius 1 is 1.19 bits per heavy atom. The van der Waals surface area contributed by atoms with Crippen LogP contribution >= 0.6 is 15.9 Å². The third-order valence-electron chi connectivity index (χ3n) is 3.39. The number of phenols is 1. The van der Waals surface area contributed by atoms with Gasteiger partial charge in [-0.3, -0.25) is 0 Å². The van der Waals surface area contributed by atoms with Gasteiger partial charge in [0.2, 0.25) is 0 Å². The summed E-state index contributed by atoms with van der Waals surface area (Å²) in [6, 6.07) is 15.6. The van der Waals surface area contributed by atoms with Crippen LogP contribution in [0.4, 0.5) is 5.69 Å². The maximum absolute atomic E-state index is 9.47. The maximum atomic E-state index is 9.47. The zero-order valence-corrected chi connectivity index (χ0v) is 13.6. The van der Waals surface area contributed by atoms with Gasteiger partial charge in [-0.15, -0.1) is 0 Å². The Labute approximate surface area is 133 Å². The highest BCUT2D eigenvalue weighted by Gasteiger charge is 2.18. The van der Waals surface area contributed by atoms with Crippen LogP contribution in [-0.2, 0) is 12.0 Å². The molecular formula is C17H17BrN2O. The minimum Gasteiger partial charge on any atom is -0.507 e. The molecular weight excluding hydrogens is 328 g/mol. The van der Waals surface area contributed by atoms with Crippen molar-refractivity contribution in [3.05, 3.63) is 58.1 Å². The van der Waals surface area contributed by atoms with Gasteiger partial charge in [0.25, 0.3) is 0 Å². The number of anilines is 1. The third kappa shape index (κ3) is 3.77. The fourth-order valence-electron chi connectivity index (χ4n) is 1.93. The third-order valence-corrected chi connectivity index (χ3v) is 4.03. The molecule has 0 saturated heterocycles. The lowest BCUT2D eigenvalue weighted by molar-refractivity contribution is 0.471. The molecule has 0 unspecified atom stereocenters. The van der Waals surface area contributed by atoms with Crippen LogP contribution in [-0.4, -0.2) is 5.11 Å². The van der Waals surface area contributed by atoms with E-state index < -0.39 is 5.41 Å². The van der Waals surface area contributed by atoms with Crippen molar-refractivity contribution in [3.63, 3.8) is 0 Å². The largest absolute Gasteiger partial charge is 0.507 e. The molecule has 0 aliphatic rings. The van der Waals surface area contributed by atoms with Crippen molar-refractivity contribution in [2.45, 2.75) is 25.8 Å². The standard InChI is InChI=1S/C17H17BrN2O/c1-17(2,11-19)13-4-6-14(7-5-13)20-10-12-3-8-16(21)15(18)9-12/h3-9,20-21H,10H2,1-2H3. The van der Waals surface area contributed by atoms with Crippen molar-refractivity contribution in [1.29, 1.82) is 5.26 Å². The summed E-state index contributed by atoms with van der Waals surface area (Å²) in [5.74, 6) is 0.238. The Hall–Kier alpha value is -1.99. The van der Waals surface area contributed by atoms with E-state index in [0.717, 1.165) is 16.8 Å². The number of nitriles is 1. The molecule has 2 rings (SSSR count). The first-order chi connectivity index (χ1) is 9.92. The average Bonchev–Trinajstić information content (AvgIpc) is 2.49. The summed E-state index contributed by atoms with van der Waals surface area (Å²) in [7, 11) is 0. The first-order valence-corrected chi connectivity index (χ1v) is 7.45. The van der Waals surface area contributed by atoms with E-state index >= 15 is 0 Å². The Balaban J connectivity index is 2.04. The molecule has 108 valence electrons. The molecule has 0 heterocycles. The van der Waals surface area contributed by atoms with E-state index in [2.05, 4.69) is 27.3 Å². The van der Waals surface area contributed by atoms with E-state index in [0.29, 0.717) is 11.0 Å². The van der Waals surface area contributed by atoms with Crippen LogP contribution in [0, 0.1) is 11.3 Å². The molecule has 0 bridgehead atoms. The molecule has 2 aromatic carbocycles. The highest BCUT2D eigenvalue weighted by atomic mass is 79.9. The predicted octanol–water partition coefficient (Wildman–Crippen LogP) is 4.57. The van der Waals surface area contributed by atoms with Crippen LogP contribution in [0.15, 0.2) is 46.9 Å². The van der Waals surface area contributed by atoms with Crippen molar-refractivity contribution in [2.24, 2.45) is 0 Å². The monoisotopic (exact) mass is 344 g/mol. The van der Waals surface area contributed by atoms with Gasteiger partial charge in [-0.25, -0.2) is 0 Å². The number of nitrogens with zero attached hydrogens (tertiary/aromatic N) is 1. The van der Waals surface area contributed by atoms with Gasteiger partial charge >= 0.3 is 0 Å². The second-order valence-electron chi connectivity index (χ2n) is 5.45. The molecule has 0 aromatic heterocycles. The molecule has 0 aliphatic heterocycles. The molecule has 0 fully saturated rings. The summed E-state index contributed by atoms with van der Waals surface area (Å²) in [5, 5.41) is 21.9. The highest BCUT2D eigenvalue weighted by molar-refractivity contribution is 9.10. The minimum atomic E-state index is -0.472.